The maximum atomic E-state index is 12.3. The van der Waals surface area contributed by atoms with Gasteiger partial charge in [-0.05, 0) is 30.3 Å². The summed E-state index contributed by atoms with van der Waals surface area (Å²) in [5.74, 6) is -0.139. The summed E-state index contributed by atoms with van der Waals surface area (Å²) in [6.07, 6.45) is 1.71. The van der Waals surface area contributed by atoms with E-state index in [-0.39, 0.29) is 5.91 Å². The van der Waals surface area contributed by atoms with Crippen molar-refractivity contribution in [2.75, 3.05) is 5.32 Å². The minimum absolute atomic E-state index is 0.139. The Morgan fingerprint density at radius 2 is 2.10 bits per heavy atom. The van der Waals surface area contributed by atoms with Crippen molar-refractivity contribution in [2.45, 2.75) is 24.1 Å². The molecule has 20 heavy (non-hydrogen) atoms. The maximum Gasteiger partial charge on any atom is 0.258 e. The van der Waals surface area contributed by atoms with Gasteiger partial charge in [-0.15, -0.1) is 11.8 Å². The van der Waals surface area contributed by atoms with Crippen molar-refractivity contribution in [1.29, 1.82) is 0 Å². The molecule has 104 valence electrons. The van der Waals surface area contributed by atoms with Crippen LogP contribution >= 0.6 is 27.7 Å². The Morgan fingerprint density at radius 3 is 2.80 bits per heavy atom. The standard InChI is InChI=1S/C15H15BrN2OS/c1-10(2)20-15-13(7-4-8-17-15)14(19)18-12-6-3-5-11(16)9-12/h3-10H,1-2H3,(H,18,19). The van der Waals surface area contributed by atoms with Crippen LogP contribution in [-0.4, -0.2) is 16.1 Å². The highest BCUT2D eigenvalue weighted by atomic mass is 79.9. The zero-order valence-corrected chi connectivity index (χ0v) is 13.7. The summed E-state index contributed by atoms with van der Waals surface area (Å²) >= 11 is 4.97. The number of rotatable bonds is 4. The molecule has 1 amide bonds. The molecule has 1 aromatic heterocycles. The molecule has 0 radical (unpaired) electrons. The van der Waals surface area contributed by atoms with E-state index in [1.807, 2.05) is 24.3 Å². The summed E-state index contributed by atoms with van der Waals surface area (Å²) in [4.78, 5) is 16.6. The van der Waals surface area contributed by atoms with Crippen LogP contribution in [0.1, 0.15) is 24.2 Å². The average molecular weight is 351 g/mol. The zero-order valence-electron chi connectivity index (χ0n) is 11.3. The number of hydrogen-bond donors (Lipinski definition) is 1. The molecule has 5 heteroatoms. The van der Waals surface area contributed by atoms with E-state index >= 15 is 0 Å². The molecule has 0 fully saturated rings. The molecule has 3 nitrogen and oxygen atoms in total. The highest BCUT2D eigenvalue weighted by molar-refractivity contribution is 9.10. The number of amides is 1. The third-order valence-electron chi connectivity index (χ3n) is 2.45. The molecule has 0 aliphatic carbocycles. The molecule has 0 aliphatic rings. The second-order valence-electron chi connectivity index (χ2n) is 4.49. The van der Waals surface area contributed by atoms with Crippen molar-refractivity contribution in [3.63, 3.8) is 0 Å². The van der Waals surface area contributed by atoms with Gasteiger partial charge in [0.2, 0.25) is 0 Å². The highest BCUT2D eigenvalue weighted by Gasteiger charge is 2.14. The lowest BCUT2D eigenvalue weighted by Crippen LogP contribution is -2.14. The largest absolute Gasteiger partial charge is 0.322 e. The number of anilines is 1. The highest BCUT2D eigenvalue weighted by Crippen LogP contribution is 2.25. The first kappa shape index (κ1) is 15.1. The van der Waals surface area contributed by atoms with E-state index in [0.29, 0.717) is 10.8 Å². The van der Waals surface area contributed by atoms with Crippen LogP contribution < -0.4 is 5.32 Å². The number of pyridine rings is 1. The number of benzene rings is 1. The van der Waals surface area contributed by atoms with E-state index in [9.17, 15) is 4.79 Å². The smallest absolute Gasteiger partial charge is 0.258 e. The van der Waals surface area contributed by atoms with Crippen LogP contribution in [0.4, 0.5) is 5.69 Å². The molecule has 0 saturated carbocycles. The van der Waals surface area contributed by atoms with Gasteiger partial charge in [0.15, 0.2) is 0 Å². The summed E-state index contributed by atoms with van der Waals surface area (Å²) in [5.41, 5.74) is 1.36. The number of aromatic nitrogens is 1. The minimum atomic E-state index is -0.139. The van der Waals surface area contributed by atoms with Crippen molar-refractivity contribution >= 4 is 39.3 Å². The van der Waals surface area contributed by atoms with Crippen LogP contribution in [-0.2, 0) is 0 Å². The Hall–Kier alpha value is -1.33. The van der Waals surface area contributed by atoms with E-state index in [1.54, 1.807) is 30.1 Å². The van der Waals surface area contributed by atoms with Gasteiger partial charge in [0.05, 0.1) is 5.56 Å². The fourth-order valence-corrected chi connectivity index (χ4v) is 2.90. The van der Waals surface area contributed by atoms with Crippen LogP contribution in [0.3, 0.4) is 0 Å². The number of nitrogens with one attached hydrogen (secondary N) is 1. The third-order valence-corrected chi connectivity index (χ3v) is 3.96. The van der Waals surface area contributed by atoms with Gasteiger partial charge in [-0.1, -0.05) is 35.8 Å². The number of halogens is 1. The fraction of sp³-hybridized carbons (Fsp3) is 0.200. The molecule has 0 saturated heterocycles. The van der Waals surface area contributed by atoms with Gasteiger partial charge in [0, 0.05) is 21.6 Å². The van der Waals surface area contributed by atoms with Crippen LogP contribution in [0.15, 0.2) is 52.1 Å². The lowest BCUT2D eigenvalue weighted by Gasteiger charge is -2.10. The van der Waals surface area contributed by atoms with E-state index in [1.165, 1.54) is 0 Å². The van der Waals surface area contributed by atoms with Crippen LogP contribution in [0.25, 0.3) is 0 Å². The Morgan fingerprint density at radius 1 is 1.30 bits per heavy atom. The molecular formula is C15H15BrN2OS. The third kappa shape index (κ3) is 4.08. The predicted molar refractivity (Wildman–Crippen MR) is 87.3 cm³/mol. The predicted octanol–water partition coefficient (Wildman–Crippen LogP) is 4.60. The summed E-state index contributed by atoms with van der Waals surface area (Å²) in [6.45, 7) is 4.16. The number of thioether (sulfide) groups is 1. The van der Waals surface area contributed by atoms with Gasteiger partial charge in [-0.3, -0.25) is 4.79 Å². The second-order valence-corrected chi connectivity index (χ2v) is 6.97. The topological polar surface area (TPSA) is 42.0 Å². The first-order valence-electron chi connectivity index (χ1n) is 6.25. The Labute approximate surface area is 131 Å². The average Bonchev–Trinajstić information content (AvgIpc) is 2.38. The first-order valence-corrected chi connectivity index (χ1v) is 7.92. The molecule has 0 bridgehead atoms. The molecule has 2 rings (SSSR count). The number of carbonyl (C=O) groups is 1. The minimum Gasteiger partial charge on any atom is -0.322 e. The lowest BCUT2D eigenvalue weighted by atomic mass is 10.2. The van der Waals surface area contributed by atoms with Crippen molar-refractivity contribution in [2.24, 2.45) is 0 Å². The monoisotopic (exact) mass is 350 g/mol. The molecule has 0 atom stereocenters. The van der Waals surface area contributed by atoms with Crippen molar-refractivity contribution in [1.82, 2.24) is 4.98 Å². The SMILES string of the molecule is CC(C)Sc1ncccc1C(=O)Nc1cccc(Br)c1. The van der Waals surface area contributed by atoms with Crippen LogP contribution in [0.2, 0.25) is 0 Å². The molecule has 0 aliphatic heterocycles. The van der Waals surface area contributed by atoms with E-state index in [0.717, 1.165) is 15.2 Å². The Kier molecular flexibility index (Phi) is 5.20. The maximum absolute atomic E-state index is 12.3. The normalized spacial score (nSPS) is 10.6. The summed E-state index contributed by atoms with van der Waals surface area (Å²) in [6, 6.07) is 11.1. The number of carbonyl (C=O) groups excluding carboxylic acids is 1. The molecule has 2 aromatic rings. The van der Waals surface area contributed by atoms with Gasteiger partial charge in [-0.25, -0.2) is 4.98 Å². The van der Waals surface area contributed by atoms with Gasteiger partial charge in [0.1, 0.15) is 5.03 Å². The molecular weight excluding hydrogens is 336 g/mol. The van der Waals surface area contributed by atoms with Gasteiger partial charge in [-0.2, -0.15) is 0 Å². The summed E-state index contributed by atoms with van der Waals surface area (Å²) < 4.78 is 0.929. The van der Waals surface area contributed by atoms with Crippen LogP contribution in [0.5, 0.6) is 0 Å². The molecule has 0 unspecified atom stereocenters. The van der Waals surface area contributed by atoms with Crippen LogP contribution in [0, 0.1) is 0 Å². The Bertz CT molecular complexity index is 616. The van der Waals surface area contributed by atoms with Gasteiger partial charge in [0.25, 0.3) is 5.91 Å². The van der Waals surface area contributed by atoms with E-state index in [2.05, 4.69) is 40.1 Å². The quantitative estimate of drug-likeness (QED) is 0.819. The summed E-state index contributed by atoms with van der Waals surface area (Å²) in [5, 5.41) is 4.03. The molecule has 0 spiro atoms. The molecule has 1 N–H and O–H groups in total. The van der Waals surface area contributed by atoms with E-state index < -0.39 is 0 Å². The zero-order chi connectivity index (χ0) is 14.5. The van der Waals surface area contributed by atoms with Gasteiger partial charge >= 0.3 is 0 Å². The van der Waals surface area contributed by atoms with E-state index in [4.69, 9.17) is 0 Å². The van der Waals surface area contributed by atoms with Crippen molar-refractivity contribution in [3.8, 4) is 0 Å². The lowest BCUT2D eigenvalue weighted by molar-refractivity contribution is 0.102. The molecule has 1 heterocycles. The fourth-order valence-electron chi connectivity index (χ4n) is 1.65. The summed E-state index contributed by atoms with van der Waals surface area (Å²) in [7, 11) is 0. The second kappa shape index (κ2) is 6.90. The first-order chi connectivity index (χ1) is 9.56. The molecule has 1 aromatic carbocycles. The number of nitrogens with zero attached hydrogens (tertiary/aromatic N) is 1. The van der Waals surface area contributed by atoms with Crippen molar-refractivity contribution < 1.29 is 4.79 Å². The Balaban J connectivity index is 2.21. The van der Waals surface area contributed by atoms with Gasteiger partial charge < -0.3 is 5.32 Å². The number of hydrogen-bond acceptors (Lipinski definition) is 3. The van der Waals surface area contributed by atoms with Crippen molar-refractivity contribution in [3.05, 3.63) is 52.6 Å².